The van der Waals surface area contributed by atoms with Crippen LogP contribution in [0.1, 0.15) is 24.5 Å². The molecule has 0 bridgehead atoms. The van der Waals surface area contributed by atoms with Gasteiger partial charge >= 0.3 is 0 Å². The van der Waals surface area contributed by atoms with Gasteiger partial charge in [0.05, 0.1) is 0 Å². The predicted molar refractivity (Wildman–Crippen MR) is 58.8 cm³/mol. The Kier molecular flexibility index (Phi) is 3.97. The highest BCUT2D eigenvalue weighted by Crippen LogP contribution is 2.09. The molecule has 0 fully saturated rings. The monoisotopic (exact) mass is 195 g/mol. The molecule has 1 aromatic carbocycles. The molecule has 0 N–H and O–H groups in total. The second-order valence-corrected chi connectivity index (χ2v) is 3.12. The molecule has 0 aromatic heterocycles. The number of hydrogen-bond donors (Lipinski definition) is 0. The van der Waals surface area contributed by atoms with Crippen molar-refractivity contribution in [1.82, 2.24) is 0 Å². The summed E-state index contributed by atoms with van der Waals surface area (Å²) in [7, 11) is 1.83. The molecule has 0 aliphatic heterocycles. The molecule has 13 heavy (non-hydrogen) atoms. The Hall–Kier alpha value is -0.820. The summed E-state index contributed by atoms with van der Waals surface area (Å²) in [5.74, 6) is 0.574. The van der Waals surface area contributed by atoms with E-state index in [0.29, 0.717) is 5.88 Å². The summed E-state index contributed by atoms with van der Waals surface area (Å²) in [5.41, 5.74) is 3.48. The molecule has 0 amide bonds. The van der Waals surface area contributed by atoms with E-state index in [1.165, 1.54) is 5.56 Å². The predicted octanol–water partition coefficient (Wildman–Crippen LogP) is 3.25. The van der Waals surface area contributed by atoms with Crippen LogP contribution >= 0.6 is 11.6 Å². The molecule has 0 saturated carbocycles. The largest absolute Gasteiger partial charge is 0.292 e. The third-order valence-corrected chi connectivity index (χ3v) is 2.35. The summed E-state index contributed by atoms with van der Waals surface area (Å²) in [5, 5.41) is 0. The highest BCUT2D eigenvalue weighted by Gasteiger charge is 1.98. The second-order valence-electron chi connectivity index (χ2n) is 2.85. The van der Waals surface area contributed by atoms with Gasteiger partial charge in [-0.05, 0) is 17.5 Å². The van der Waals surface area contributed by atoms with E-state index in [0.717, 1.165) is 17.7 Å². The van der Waals surface area contributed by atoms with Crippen LogP contribution in [0.4, 0.5) is 0 Å². The molecular weight excluding hydrogens is 182 g/mol. The zero-order valence-corrected chi connectivity index (χ0v) is 8.80. The molecule has 0 radical (unpaired) electrons. The maximum Gasteiger partial charge on any atom is 0.0474 e. The van der Waals surface area contributed by atoms with E-state index < -0.39 is 0 Å². The Balaban J connectivity index is 2.91. The molecule has 0 saturated heterocycles. The van der Waals surface area contributed by atoms with Crippen LogP contribution in [0.2, 0.25) is 0 Å². The van der Waals surface area contributed by atoms with Crippen molar-refractivity contribution < 1.29 is 0 Å². The van der Waals surface area contributed by atoms with Crippen LogP contribution < -0.4 is 0 Å². The van der Waals surface area contributed by atoms with Crippen molar-refractivity contribution in [3.05, 3.63) is 35.4 Å². The Morgan fingerprint density at radius 2 is 1.92 bits per heavy atom. The molecule has 1 nitrogen and oxygen atoms in total. The minimum absolute atomic E-state index is 0.574. The normalized spacial score (nSPS) is 11.8. The summed E-state index contributed by atoms with van der Waals surface area (Å²) in [4.78, 5) is 4.22. The average Bonchev–Trinajstić information content (AvgIpc) is 2.21. The van der Waals surface area contributed by atoms with Crippen LogP contribution in [0.3, 0.4) is 0 Å². The van der Waals surface area contributed by atoms with Crippen molar-refractivity contribution in [3.63, 3.8) is 0 Å². The SMILES string of the molecule is CCC(=NC)c1ccc(CCl)cc1. The van der Waals surface area contributed by atoms with Crippen molar-refractivity contribution in [1.29, 1.82) is 0 Å². The van der Waals surface area contributed by atoms with Gasteiger partial charge in [-0.1, -0.05) is 31.2 Å². The number of benzene rings is 1. The van der Waals surface area contributed by atoms with E-state index in [4.69, 9.17) is 11.6 Å². The zero-order chi connectivity index (χ0) is 9.68. The Morgan fingerprint density at radius 1 is 1.31 bits per heavy atom. The van der Waals surface area contributed by atoms with Gasteiger partial charge in [0.15, 0.2) is 0 Å². The molecule has 0 spiro atoms. The van der Waals surface area contributed by atoms with E-state index in [-0.39, 0.29) is 0 Å². The van der Waals surface area contributed by atoms with Crippen molar-refractivity contribution >= 4 is 17.3 Å². The lowest BCUT2D eigenvalue weighted by Crippen LogP contribution is -1.98. The third-order valence-electron chi connectivity index (χ3n) is 2.05. The van der Waals surface area contributed by atoms with Crippen molar-refractivity contribution in [3.8, 4) is 0 Å². The molecule has 1 aromatic rings. The maximum absolute atomic E-state index is 5.70. The van der Waals surface area contributed by atoms with Gasteiger partial charge in [0.2, 0.25) is 0 Å². The molecule has 0 aliphatic rings. The summed E-state index contributed by atoms with van der Waals surface area (Å²) in [6.07, 6.45) is 0.969. The van der Waals surface area contributed by atoms with Gasteiger partial charge in [0.1, 0.15) is 0 Å². The van der Waals surface area contributed by atoms with E-state index in [1.54, 1.807) is 0 Å². The Labute approximate surface area is 84.5 Å². The minimum atomic E-state index is 0.574. The number of aliphatic imine (C=N–C) groups is 1. The second kappa shape index (κ2) is 5.03. The highest BCUT2D eigenvalue weighted by molar-refractivity contribution is 6.17. The fourth-order valence-corrected chi connectivity index (χ4v) is 1.46. The zero-order valence-electron chi connectivity index (χ0n) is 8.05. The third kappa shape index (κ3) is 2.56. The lowest BCUT2D eigenvalue weighted by atomic mass is 10.1. The number of nitrogens with zero attached hydrogens (tertiary/aromatic N) is 1. The van der Waals surface area contributed by atoms with Gasteiger partial charge in [-0.25, -0.2) is 0 Å². The number of alkyl halides is 1. The number of hydrogen-bond acceptors (Lipinski definition) is 1. The van der Waals surface area contributed by atoms with Gasteiger partial charge in [-0.3, -0.25) is 4.99 Å². The van der Waals surface area contributed by atoms with Crippen LogP contribution in [-0.4, -0.2) is 12.8 Å². The quantitative estimate of drug-likeness (QED) is 0.519. The van der Waals surface area contributed by atoms with Crippen LogP contribution in [0.25, 0.3) is 0 Å². The first-order chi connectivity index (χ1) is 6.31. The molecule has 0 atom stereocenters. The Morgan fingerprint density at radius 3 is 2.31 bits per heavy atom. The fraction of sp³-hybridized carbons (Fsp3) is 0.364. The van der Waals surface area contributed by atoms with Gasteiger partial charge in [-0.15, -0.1) is 11.6 Å². The van der Waals surface area contributed by atoms with Gasteiger partial charge < -0.3 is 0 Å². The first-order valence-corrected chi connectivity index (χ1v) is 4.96. The van der Waals surface area contributed by atoms with Crippen LogP contribution in [0.15, 0.2) is 29.3 Å². The van der Waals surface area contributed by atoms with Crippen molar-refractivity contribution in [2.75, 3.05) is 7.05 Å². The molecular formula is C11H14ClN. The summed E-state index contributed by atoms with van der Waals surface area (Å²) in [6.45, 7) is 2.11. The Bertz CT molecular complexity index is 287. The van der Waals surface area contributed by atoms with Crippen molar-refractivity contribution in [2.24, 2.45) is 4.99 Å². The standard InChI is InChI=1S/C11H14ClN/c1-3-11(13-2)10-6-4-9(8-12)5-7-10/h4-7H,3,8H2,1-2H3. The lowest BCUT2D eigenvalue weighted by molar-refractivity contribution is 1.24. The topological polar surface area (TPSA) is 12.4 Å². The van der Waals surface area contributed by atoms with E-state index >= 15 is 0 Å². The van der Waals surface area contributed by atoms with Crippen LogP contribution in [0, 0.1) is 0 Å². The van der Waals surface area contributed by atoms with Crippen molar-refractivity contribution in [2.45, 2.75) is 19.2 Å². The summed E-state index contributed by atoms with van der Waals surface area (Å²) in [6, 6.07) is 8.24. The molecule has 0 unspecified atom stereocenters. The van der Waals surface area contributed by atoms with Gasteiger partial charge in [0.25, 0.3) is 0 Å². The molecule has 1 rings (SSSR count). The van der Waals surface area contributed by atoms with E-state index in [2.05, 4.69) is 24.0 Å². The highest BCUT2D eigenvalue weighted by atomic mass is 35.5. The summed E-state index contributed by atoms with van der Waals surface area (Å²) >= 11 is 5.70. The molecule has 70 valence electrons. The minimum Gasteiger partial charge on any atom is -0.292 e. The number of rotatable bonds is 3. The number of halogens is 1. The van der Waals surface area contributed by atoms with Gasteiger partial charge in [0, 0.05) is 18.6 Å². The first-order valence-electron chi connectivity index (χ1n) is 4.42. The van der Waals surface area contributed by atoms with E-state index in [9.17, 15) is 0 Å². The molecule has 0 heterocycles. The smallest absolute Gasteiger partial charge is 0.0474 e. The lowest BCUT2D eigenvalue weighted by Gasteiger charge is -2.03. The molecule has 0 aliphatic carbocycles. The fourth-order valence-electron chi connectivity index (χ4n) is 1.28. The van der Waals surface area contributed by atoms with Gasteiger partial charge in [-0.2, -0.15) is 0 Å². The molecule has 2 heteroatoms. The van der Waals surface area contributed by atoms with Crippen LogP contribution in [-0.2, 0) is 5.88 Å². The summed E-state index contributed by atoms with van der Waals surface area (Å²) < 4.78 is 0. The first kappa shape index (κ1) is 10.3. The average molecular weight is 196 g/mol. The van der Waals surface area contributed by atoms with E-state index in [1.807, 2.05) is 19.2 Å². The maximum atomic E-state index is 5.70. The van der Waals surface area contributed by atoms with Crippen LogP contribution in [0.5, 0.6) is 0 Å².